The Labute approximate surface area is 107 Å². The molecule has 18 heavy (non-hydrogen) atoms. The molecule has 0 aliphatic rings. The number of nitrogens with zero attached hydrogens (tertiary/aromatic N) is 2. The molecule has 0 radical (unpaired) electrons. The number of rotatable bonds is 5. The summed E-state index contributed by atoms with van der Waals surface area (Å²) in [7, 11) is 0. The van der Waals surface area contributed by atoms with Gasteiger partial charge in [0.1, 0.15) is 0 Å². The van der Waals surface area contributed by atoms with Crippen molar-refractivity contribution in [2.45, 2.75) is 32.7 Å². The smallest absolute Gasteiger partial charge is 0.234 e. The topological polar surface area (TPSA) is 64.9 Å². The van der Waals surface area contributed by atoms with Crippen LogP contribution in [0.25, 0.3) is 0 Å². The van der Waals surface area contributed by atoms with Crippen LogP contribution in [0.2, 0.25) is 0 Å². The molecule has 2 N–H and O–H groups in total. The summed E-state index contributed by atoms with van der Waals surface area (Å²) in [6, 6.07) is 10.3. The van der Waals surface area contributed by atoms with E-state index in [1.165, 1.54) is 5.56 Å². The number of benzene rings is 1. The predicted octanol–water partition coefficient (Wildman–Crippen LogP) is 2.71. The molecule has 2 atom stereocenters. The zero-order valence-corrected chi connectivity index (χ0v) is 10.8. The molecule has 96 valence electrons. The summed E-state index contributed by atoms with van der Waals surface area (Å²) in [5.41, 5.74) is 6.73. The summed E-state index contributed by atoms with van der Waals surface area (Å²) in [5, 5.41) is 3.89. The van der Waals surface area contributed by atoms with E-state index in [0.29, 0.717) is 24.2 Å². The Morgan fingerprint density at radius 2 is 2.00 bits per heavy atom. The van der Waals surface area contributed by atoms with Gasteiger partial charge in [0.2, 0.25) is 5.89 Å². The highest BCUT2D eigenvalue weighted by Gasteiger charge is 2.25. The number of hydrogen-bond acceptors (Lipinski definition) is 4. The third kappa shape index (κ3) is 2.59. The lowest BCUT2D eigenvalue weighted by molar-refractivity contribution is 0.328. The van der Waals surface area contributed by atoms with Gasteiger partial charge in [0.15, 0.2) is 5.82 Å². The van der Waals surface area contributed by atoms with Gasteiger partial charge < -0.3 is 10.3 Å². The van der Waals surface area contributed by atoms with Crippen molar-refractivity contribution in [2.75, 3.05) is 0 Å². The van der Waals surface area contributed by atoms with Crippen LogP contribution in [0.1, 0.15) is 43.5 Å². The van der Waals surface area contributed by atoms with Crippen LogP contribution in [-0.2, 0) is 6.54 Å². The van der Waals surface area contributed by atoms with Crippen molar-refractivity contribution in [3.8, 4) is 0 Å². The molecule has 2 rings (SSSR count). The summed E-state index contributed by atoms with van der Waals surface area (Å²) in [5.74, 6) is 1.81. The first-order chi connectivity index (χ1) is 8.76. The van der Waals surface area contributed by atoms with Gasteiger partial charge in [-0.1, -0.05) is 55.8 Å². The molecule has 0 aliphatic heterocycles. The van der Waals surface area contributed by atoms with Gasteiger partial charge in [-0.25, -0.2) is 0 Å². The second-order valence-electron chi connectivity index (χ2n) is 4.53. The molecule has 2 unspecified atom stereocenters. The Hall–Kier alpha value is -1.68. The number of aromatic nitrogens is 2. The third-order valence-corrected chi connectivity index (χ3v) is 3.30. The summed E-state index contributed by atoms with van der Waals surface area (Å²) < 4.78 is 5.35. The lowest BCUT2D eigenvalue weighted by atomic mass is 9.85. The maximum atomic E-state index is 5.53. The fraction of sp³-hybridized carbons (Fsp3) is 0.429. The second-order valence-corrected chi connectivity index (χ2v) is 4.53. The Kier molecular flexibility index (Phi) is 4.10. The fourth-order valence-electron chi connectivity index (χ4n) is 2.09. The van der Waals surface area contributed by atoms with Gasteiger partial charge in [0.25, 0.3) is 0 Å². The van der Waals surface area contributed by atoms with E-state index < -0.39 is 0 Å². The predicted molar refractivity (Wildman–Crippen MR) is 69.9 cm³/mol. The molecule has 0 bridgehead atoms. The van der Waals surface area contributed by atoms with Crippen LogP contribution in [0.5, 0.6) is 0 Å². The monoisotopic (exact) mass is 245 g/mol. The van der Waals surface area contributed by atoms with Crippen LogP contribution in [0, 0.1) is 5.92 Å². The average Bonchev–Trinajstić information content (AvgIpc) is 2.88. The molecule has 0 saturated carbocycles. The summed E-state index contributed by atoms with van der Waals surface area (Å²) in [4.78, 5) is 4.37. The molecule has 0 fully saturated rings. The second kappa shape index (κ2) is 5.78. The first-order valence-electron chi connectivity index (χ1n) is 6.33. The van der Waals surface area contributed by atoms with E-state index in [0.717, 1.165) is 6.42 Å². The Morgan fingerprint density at radius 3 is 2.56 bits per heavy atom. The molecule has 4 nitrogen and oxygen atoms in total. The maximum Gasteiger partial charge on any atom is 0.234 e. The van der Waals surface area contributed by atoms with E-state index in [1.54, 1.807) is 0 Å². The van der Waals surface area contributed by atoms with Crippen LogP contribution in [-0.4, -0.2) is 10.1 Å². The van der Waals surface area contributed by atoms with Crippen molar-refractivity contribution in [1.29, 1.82) is 0 Å². The highest BCUT2D eigenvalue weighted by Crippen LogP contribution is 2.32. The Balaban J connectivity index is 2.37. The third-order valence-electron chi connectivity index (χ3n) is 3.30. The largest absolute Gasteiger partial charge is 0.339 e. The standard InChI is InChI=1S/C14H19N3O/c1-3-10(2)13(11-7-5-4-6-8-11)14-16-12(9-15)17-18-14/h4-8,10,13H,3,9,15H2,1-2H3. The van der Waals surface area contributed by atoms with Crippen LogP contribution in [0.15, 0.2) is 34.9 Å². The van der Waals surface area contributed by atoms with Gasteiger partial charge in [0, 0.05) is 0 Å². The molecular weight excluding hydrogens is 226 g/mol. The van der Waals surface area contributed by atoms with E-state index in [-0.39, 0.29) is 5.92 Å². The molecule has 4 heteroatoms. The maximum absolute atomic E-state index is 5.53. The number of nitrogens with two attached hydrogens (primary N) is 1. The highest BCUT2D eigenvalue weighted by atomic mass is 16.5. The van der Waals surface area contributed by atoms with Crippen molar-refractivity contribution < 1.29 is 4.52 Å². The van der Waals surface area contributed by atoms with Crippen molar-refractivity contribution in [3.05, 3.63) is 47.6 Å². The quantitative estimate of drug-likeness (QED) is 0.879. The minimum absolute atomic E-state index is 0.143. The van der Waals surface area contributed by atoms with E-state index in [1.807, 2.05) is 18.2 Å². The minimum Gasteiger partial charge on any atom is -0.339 e. The summed E-state index contributed by atoms with van der Waals surface area (Å²) in [6.45, 7) is 4.68. The van der Waals surface area contributed by atoms with Gasteiger partial charge in [0.05, 0.1) is 12.5 Å². The lowest BCUT2D eigenvalue weighted by Crippen LogP contribution is -2.11. The van der Waals surface area contributed by atoms with Crippen molar-refractivity contribution in [1.82, 2.24) is 10.1 Å². The molecule has 0 aliphatic carbocycles. The molecule has 1 heterocycles. The summed E-state index contributed by atoms with van der Waals surface area (Å²) in [6.07, 6.45) is 1.06. The van der Waals surface area contributed by atoms with Crippen molar-refractivity contribution in [2.24, 2.45) is 11.7 Å². The van der Waals surface area contributed by atoms with E-state index in [9.17, 15) is 0 Å². The Morgan fingerprint density at radius 1 is 1.28 bits per heavy atom. The molecule has 2 aromatic rings. The van der Waals surface area contributed by atoms with E-state index in [2.05, 4.69) is 36.1 Å². The zero-order valence-electron chi connectivity index (χ0n) is 10.8. The number of hydrogen-bond donors (Lipinski definition) is 1. The van der Waals surface area contributed by atoms with Crippen molar-refractivity contribution >= 4 is 0 Å². The first kappa shape index (κ1) is 12.8. The SMILES string of the molecule is CCC(C)C(c1ccccc1)c1nc(CN)no1. The van der Waals surface area contributed by atoms with Gasteiger partial charge in [-0.05, 0) is 11.5 Å². The molecule has 1 aromatic carbocycles. The molecular formula is C14H19N3O. The average molecular weight is 245 g/mol. The van der Waals surface area contributed by atoms with Gasteiger partial charge in [-0.2, -0.15) is 4.98 Å². The lowest BCUT2D eigenvalue weighted by Gasteiger charge is -2.19. The van der Waals surface area contributed by atoms with Gasteiger partial charge in [-0.3, -0.25) is 0 Å². The van der Waals surface area contributed by atoms with Gasteiger partial charge in [-0.15, -0.1) is 0 Å². The molecule has 0 amide bonds. The highest BCUT2D eigenvalue weighted by molar-refractivity contribution is 5.25. The van der Waals surface area contributed by atoms with Crippen molar-refractivity contribution in [3.63, 3.8) is 0 Å². The zero-order chi connectivity index (χ0) is 13.0. The summed E-state index contributed by atoms with van der Waals surface area (Å²) >= 11 is 0. The molecule has 0 spiro atoms. The molecule has 0 saturated heterocycles. The van der Waals surface area contributed by atoms with Crippen LogP contribution >= 0.6 is 0 Å². The van der Waals surface area contributed by atoms with E-state index in [4.69, 9.17) is 10.3 Å². The van der Waals surface area contributed by atoms with Crippen LogP contribution < -0.4 is 5.73 Å². The van der Waals surface area contributed by atoms with Crippen LogP contribution in [0.4, 0.5) is 0 Å². The first-order valence-corrected chi connectivity index (χ1v) is 6.33. The minimum atomic E-state index is 0.143. The molecule has 1 aromatic heterocycles. The Bertz CT molecular complexity index is 481. The van der Waals surface area contributed by atoms with Crippen LogP contribution in [0.3, 0.4) is 0 Å². The van der Waals surface area contributed by atoms with E-state index >= 15 is 0 Å². The van der Waals surface area contributed by atoms with Gasteiger partial charge >= 0.3 is 0 Å². The fourth-order valence-corrected chi connectivity index (χ4v) is 2.09. The normalized spacial score (nSPS) is 14.4.